The molecular weight excluding hydrogens is 298 g/mol. The molecule has 1 aromatic carbocycles. The standard InChI is InChI=1S/C17H24BrN/c18-14-15-4-6-16(7-5-15)19-12-10-17(11-13-19)8-2-1-3-9-17/h4-7H,1-3,8-14H2. The van der Waals surface area contributed by atoms with Gasteiger partial charge in [0.05, 0.1) is 0 Å². The average molecular weight is 322 g/mol. The first-order valence-electron chi connectivity index (χ1n) is 7.71. The van der Waals surface area contributed by atoms with Gasteiger partial charge in [0, 0.05) is 24.1 Å². The number of rotatable bonds is 2. The zero-order valence-corrected chi connectivity index (χ0v) is 13.3. The fourth-order valence-corrected chi connectivity index (χ4v) is 4.21. The molecule has 1 saturated heterocycles. The van der Waals surface area contributed by atoms with Crippen LogP contribution >= 0.6 is 15.9 Å². The van der Waals surface area contributed by atoms with Crippen molar-refractivity contribution in [1.82, 2.24) is 0 Å². The molecule has 0 unspecified atom stereocenters. The van der Waals surface area contributed by atoms with Crippen LogP contribution in [0, 0.1) is 5.41 Å². The number of nitrogens with zero attached hydrogens (tertiary/aromatic N) is 1. The van der Waals surface area contributed by atoms with Crippen LogP contribution in [0.1, 0.15) is 50.5 Å². The molecule has 0 aromatic heterocycles. The molecule has 0 radical (unpaired) electrons. The van der Waals surface area contributed by atoms with E-state index in [4.69, 9.17) is 0 Å². The lowest BCUT2D eigenvalue weighted by Crippen LogP contribution is -2.41. The highest BCUT2D eigenvalue weighted by Gasteiger charge is 2.35. The fraction of sp³-hybridized carbons (Fsp3) is 0.647. The van der Waals surface area contributed by atoms with Crippen molar-refractivity contribution in [2.24, 2.45) is 5.41 Å². The van der Waals surface area contributed by atoms with E-state index in [-0.39, 0.29) is 0 Å². The predicted octanol–water partition coefficient (Wildman–Crippen LogP) is 5.13. The zero-order valence-electron chi connectivity index (χ0n) is 11.7. The maximum Gasteiger partial charge on any atom is 0.0366 e. The summed E-state index contributed by atoms with van der Waals surface area (Å²) in [4.78, 5) is 2.58. The zero-order chi connectivity index (χ0) is 13.1. The third-order valence-corrected chi connectivity index (χ3v) is 5.84. The van der Waals surface area contributed by atoms with Gasteiger partial charge < -0.3 is 4.90 Å². The highest BCUT2D eigenvalue weighted by molar-refractivity contribution is 9.08. The molecule has 104 valence electrons. The van der Waals surface area contributed by atoms with E-state index in [1.165, 1.54) is 69.3 Å². The Balaban J connectivity index is 1.62. The molecule has 19 heavy (non-hydrogen) atoms. The Kier molecular flexibility index (Phi) is 4.16. The van der Waals surface area contributed by atoms with Gasteiger partial charge in [-0.1, -0.05) is 47.3 Å². The van der Waals surface area contributed by atoms with E-state index >= 15 is 0 Å². The van der Waals surface area contributed by atoms with Crippen molar-refractivity contribution < 1.29 is 0 Å². The highest BCUT2D eigenvalue weighted by Crippen LogP contribution is 2.45. The largest absolute Gasteiger partial charge is 0.371 e. The number of hydrogen-bond acceptors (Lipinski definition) is 1. The van der Waals surface area contributed by atoms with Crippen molar-refractivity contribution in [3.05, 3.63) is 29.8 Å². The average Bonchev–Trinajstić information content (AvgIpc) is 2.49. The Morgan fingerprint density at radius 3 is 2.11 bits per heavy atom. The lowest BCUT2D eigenvalue weighted by molar-refractivity contribution is 0.144. The van der Waals surface area contributed by atoms with Gasteiger partial charge in [0.15, 0.2) is 0 Å². The van der Waals surface area contributed by atoms with Crippen LogP contribution in [0.25, 0.3) is 0 Å². The topological polar surface area (TPSA) is 3.24 Å². The number of halogens is 1. The first-order chi connectivity index (χ1) is 9.31. The highest BCUT2D eigenvalue weighted by atomic mass is 79.9. The van der Waals surface area contributed by atoms with Crippen molar-refractivity contribution >= 4 is 21.6 Å². The minimum absolute atomic E-state index is 0.713. The van der Waals surface area contributed by atoms with Crippen LogP contribution in [0.2, 0.25) is 0 Å². The number of piperidine rings is 1. The predicted molar refractivity (Wildman–Crippen MR) is 86.0 cm³/mol. The lowest BCUT2D eigenvalue weighted by atomic mass is 9.68. The van der Waals surface area contributed by atoms with Crippen molar-refractivity contribution in [1.29, 1.82) is 0 Å². The van der Waals surface area contributed by atoms with Gasteiger partial charge in [0.2, 0.25) is 0 Å². The van der Waals surface area contributed by atoms with Gasteiger partial charge in [0.25, 0.3) is 0 Å². The van der Waals surface area contributed by atoms with E-state index in [1.807, 2.05) is 0 Å². The summed E-state index contributed by atoms with van der Waals surface area (Å²) in [7, 11) is 0. The van der Waals surface area contributed by atoms with Crippen molar-refractivity contribution in [3.63, 3.8) is 0 Å². The van der Waals surface area contributed by atoms with Crippen LogP contribution in [0.3, 0.4) is 0 Å². The number of benzene rings is 1. The maximum absolute atomic E-state index is 3.51. The molecule has 0 bridgehead atoms. The third-order valence-electron chi connectivity index (χ3n) is 5.19. The molecule has 0 amide bonds. The lowest BCUT2D eigenvalue weighted by Gasteiger charge is -2.45. The summed E-state index contributed by atoms with van der Waals surface area (Å²) in [6.45, 7) is 2.52. The fourth-order valence-electron chi connectivity index (χ4n) is 3.84. The summed E-state index contributed by atoms with van der Waals surface area (Å²) in [6, 6.07) is 9.06. The SMILES string of the molecule is BrCc1ccc(N2CCC3(CCCCC3)CC2)cc1. The Bertz CT molecular complexity index is 396. The molecular formula is C17H24BrN. The van der Waals surface area contributed by atoms with Crippen LogP contribution < -0.4 is 4.90 Å². The Morgan fingerprint density at radius 2 is 1.53 bits per heavy atom. The van der Waals surface area contributed by atoms with Crippen LogP contribution in [0.5, 0.6) is 0 Å². The van der Waals surface area contributed by atoms with Gasteiger partial charge in [-0.3, -0.25) is 0 Å². The normalized spacial score (nSPS) is 22.7. The van der Waals surface area contributed by atoms with E-state index in [0.29, 0.717) is 5.41 Å². The molecule has 2 fully saturated rings. The number of alkyl halides is 1. The molecule has 1 aromatic rings. The third kappa shape index (κ3) is 2.99. The molecule has 1 heterocycles. The van der Waals surface area contributed by atoms with Crippen LogP contribution in [0.4, 0.5) is 5.69 Å². The molecule has 1 nitrogen and oxygen atoms in total. The van der Waals surface area contributed by atoms with Gasteiger partial charge >= 0.3 is 0 Å². The molecule has 1 spiro atoms. The van der Waals surface area contributed by atoms with Gasteiger partial charge in [0.1, 0.15) is 0 Å². The number of hydrogen-bond donors (Lipinski definition) is 0. The second kappa shape index (κ2) is 5.87. The summed E-state index contributed by atoms with van der Waals surface area (Å²) in [5.74, 6) is 0. The molecule has 2 heteroatoms. The summed E-state index contributed by atoms with van der Waals surface area (Å²) in [5.41, 5.74) is 3.49. The van der Waals surface area contributed by atoms with Crippen molar-refractivity contribution in [2.45, 2.75) is 50.3 Å². The van der Waals surface area contributed by atoms with Gasteiger partial charge in [-0.2, -0.15) is 0 Å². The summed E-state index contributed by atoms with van der Waals surface area (Å²) >= 11 is 3.51. The van der Waals surface area contributed by atoms with Crippen LogP contribution in [-0.2, 0) is 5.33 Å². The minimum atomic E-state index is 0.713. The molecule has 2 aliphatic rings. The number of anilines is 1. The molecule has 0 N–H and O–H groups in total. The summed E-state index contributed by atoms with van der Waals surface area (Å²) in [6.07, 6.45) is 10.2. The van der Waals surface area contributed by atoms with E-state index < -0.39 is 0 Å². The first kappa shape index (κ1) is 13.5. The Labute approximate surface area is 125 Å². The first-order valence-corrected chi connectivity index (χ1v) is 8.83. The van der Waals surface area contributed by atoms with E-state index in [9.17, 15) is 0 Å². The van der Waals surface area contributed by atoms with Gasteiger partial charge in [-0.15, -0.1) is 0 Å². The smallest absolute Gasteiger partial charge is 0.0366 e. The van der Waals surface area contributed by atoms with Crippen molar-refractivity contribution in [3.8, 4) is 0 Å². The van der Waals surface area contributed by atoms with Gasteiger partial charge in [-0.25, -0.2) is 0 Å². The van der Waals surface area contributed by atoms with Crippen LogP contribution in [-0.4, -0.2) is 13.1 Å². The minimum Gasteiger partial charge on any atom is -0.371 e. The molecule has 1 saturated carbocycles. The Hall–Kier alpha value is -0.500. The second-order valence-electron chi connectivity index (χ2n) is 6.35. The summed E-state index contributed by atoms with van der Waals surface area (Å²) < 4.78 is 0. The molecule has 1 aliphatic carbocycles. The second-order valence-corrected chi connectivity index (χ2v) is 6.91. The monoisotopic (exact) mass is 321 g/mol. The van der Waals surface area contributed by atoms with Crippen molar-refractivity contribution in [2.75, 3.05) is 18.0 Å². The van der Waals surface area contributed by atoms with E-state index in [1.54, 1.807) is 0 Å². The van der Waals surface area contributed by atoms with Crippen LogP contribution in [0.15, 0.2) is 24.3 Å². The van der Waals surface area contributed by atoms with Gasteiger partial charge in [-0.05, 0) is 48.8 Å². The summed E-state index contributed by atoms with van der Waals surface area (Å²) in [5, 5.41) is 0.955. The quantitative estimate of drug-likeness (QED) is 0.682. The van der Waals surface area contributed by atoms with E-state index in [0.717, 1.165) is 5.33 Å². The molecule has 1 aliphatic heterocycles. The van der Waals surface area contributed by atoms with E-state index in [2.05, 4.69) is 45.1 Å². The Morgan fingerprint density at radius 1 is 0.895 bits per heavy atom. The molecule has 0 atom stereocenters. The maximum atomic E-state index is 3.51. The molecule has 3 rings (SSSR count).